The van der Waals surface area contributed by atoms with Gasteiger partial charge in [0.25, 0.3) is 0 Å². The van der Waals surface area contributed by atoms with Gasteiger partial charge in [-0.3, -0.25) is 0 Å². The van der Waals surface area contributed by atoms with Crippen molar-refractivity contribution >= 4 is 15.9 Å². The van der Waals surface area contributed by atoms with Gasteiger partial charge in [-0.1, -0.05) is 140 Å². The molecular weight excluding hydrogens is 442 g/mol. The Morgan fingerprint density at radius 3 is 0.839 bits per heavy atom. The van der Waals surface area contributed by atoms with Crippen LogP contribution in [0.15, 0.2) is 0 Å². The van der Waals surface area contributed by atoms with E-state index in [2.05, 4.69) is 43.6 Å². The van der Waals surface area contributed by atoms with Gasteiger partial charge in [-0.15, -0.1) is 0 Å². The summed E-state index contributed by atoms with van der Waals surface area (Å²) in [5.41, 5.74) is 0. The van der Waals surface area contributed by atoms with Crippen molar-refractivity contribution in [3.63, 3.8) is 0 Å². The molecule has 0 aliphatic heterocycles. The Bertz CT molecular complexity index is 283. The molecule has 2 heteroatoms. The predicted octanol–water partition coefficient (Wildman–Crippen LogP) is 10.7. The Kier molecular flexibility index (Phi) is 30.9. The second-order valence-corrected chi connectivity index (χ2v) is 9.89. The first-order valence-electron chi connectivity index (χ1n) is 14.5. The number of nitrogens with zero attached hydrogens (tertiary/aromatic N) is 1. The zero-order valence-electron chi connectivity index (χ0n) is 22.8. The van der Waals surface area contributed by atoms with Gasteiger partial charge in [-0.2, -0.15) is 0 Å². The highest BCUT2D eigenvalue weighted by atomic mass is 79.9. The first kappa shape index (κ1) is 33.6. The third kappa shape index (κ3) is 23.4. The van der Waals surface area contributed by atoms with E-state index in [1.807, 2.05) is 5.83 Å². The average molecular weight is 506 g/mol. The van der Waals surface area contributed by atoms with Gasteiger partial charge in [0.05, 0.1) is 26.2 Å². The lowest BCUT2D eigenvalue weighted by Gasteiger charge is -2.39. The zero-order chi connectivity index (χ0) is 23.5. The van der Waals surface area contributed by atoms with E-state index in [1.54, 1.807) is 0 Å². The van der Waals surface area contributed by atoms with E-state index in [4.69, 9.17) is 0 Å². The molecule has 0 radical (unpaired) electrons. The van der Waals surface area contributed by atoms with Crippen molar-refractivity contribution in [2.75, 3.05) is 32.0 Å². The summed E-state index contributed by atoms with van der Waals surface area (Å²) in [7, 11) is 0. The van der Waals surface area contributed by atoms with E-state index in [1.165, 1.54) is 159 Å². The second-order valence-electron chi connectivity index (χ2n) is 9.89. The molecule has 0 aromatic rings. The summed E-state index contributed by atoms with van der Waals surface area (Å²) in [4.78, 5) is 0. The van der Waals surface area contributed by atoms with Crippen molar-refractivity contribution in [3.05, 3.63) is 0 Å². The lowest BCUT2D eigenvalue weighted by Crippen LogP contribution is -2.50. The lowest BCUT2D eigenvalue weighted by atomic mass is 10.0. The van der Waals surface area contributed by atoms with Gasteiger partial charge < -0.3 is 4.48 Å². The first-order valence-corrected chi connectivity index (χ1v) is 16.1. The summed E-state index contributed by atoms with van der Waals surface area (Å²) in [5, 5.41) is 0. The molecule has 0 amide bonds. The Hall–Kier alpha value is 0.440. The third-order valence-corrected chi connectivity index (χ3v) is 6.94. The van der Waals surface area contributed by atoms with Crippen molar-refractivity contribution in [3.8, 4) is 0 Å². The predicted molar refractivity (Wildman–Crippen MR) is 150 cm³/mol. The van der Waals surface area contributed by atoms with Gasteiger partial charge in [-0.05, 0) is 37.9 Å². The SMILES string of the molecule is CBr.CCCCCCCCCCCCCCCC[N+](CCCC)(CCCC)CCCC. The highest BCUT2D eigenvalue weighted by molar-refractivity contribution is 9.08. The molecule has 0 aromatic heterocycles. The topological polar surface area (TPSA) is 0 Å². The normalized spacial score (nSPS) is 11.4. The molecule has 0 fully saturated rings. The van der Waals surface area contributed by atoms with Crippen molar-refractivity contribution in [2.24, 2.45) is 0 Å². The molecule has 0 spiro atoms. The van der Waals surface area contributed by atoms with Crippen LogP contribution in [0.5, 0.6) is 0 Å². The molecule has 0 rings (SSSR count). The highest BCUT2D eigenvalue weighted by Crippen LogP contribution is 2.18. The number of hydrogen-bond acceptors (Lipinski definition) is 0. The molecule has 0 unspecified atom stereocenters. The van der Waals surface area contributed by atoms with Crippen LogP contribution in [0.2, 0.25) is 0 Å². The Morgan fingerprint density at radius 2 is 0.548 bits per heavy atom. The van der Waals surface area contributed by atoms with Crippen LogP contribution in [-0.2, 0) is 0 Å². The van der Waals surface area contributed by atoms with E-state index < -0.39 is 0 Å². The van der Waals surface area contributed by atoms with Crippen molar-refractivity contribution in [2.45, 2.75) is 156 Å². The van der Waals surface area contributed by atoms with Crippen LogP contribution < -0.4 is 0 Å². The minimum absolute atomic E-state index is 1.36. The summed E-state index contributed by atoms with van der Waals surface area (Å²) in [5.74, 6) is 1.81. The first-order chi connectivity index (χ1) is 15.2. The van der Waals surface area contributed by atoms with Crippen LogP contribution in [0.3, 0.4) is 0 Å². The molecule has 0 atom stereocenters. The molecular formula is C29H63BrN+. The number of unbranched alkanes of at least 4 members (excludes halogenated alkanes) is 16. The largest absolute Gasteiger partial charge is 0.324 e. The molecule has 0 bridgehead atoms. The molecule has 0 N–H and O–H groups in total. The van der Waals surface area contributed by atoms with Crippen LogP contribution >= 0.6 is 15.9 Å². The van der Waals surface area contributed by atoms with Crippen LogP contribution in [0, 0.1) is 0 Å². The maximum absolute atomic E-state index is 2.94. The zero-order valence-corrected chi connectivity index (χ0v) is 24.4. The van der Waals surface area contributed by atoms with E-state index in [0.717, 1.165) is 0 Å². The maximum Gasteiger partial charge on any atom is 0.0786 e. The Labute approximate surface area is 208 Å². The standard InChI is InChI=1S/C28H60N.CH3Br/c1-5-9-13-14-15-16-17-18-19-20-21-22-23-24-28-29(25-10-6-2,26-11-7-3)27-12-8-4;1-2/h5-28H2,1-4H3;1H3/q+1;. The third-order valence-electron chi connectivity index (χ3n) is 6.94. The second kappa shape index (κ2) is 28.5. The fraction of sp³-hybridized carbons (Fsp3) is 1.00. The fourth-order valence-electron chi connectivity index (χ4n) is 4.79. The number of halogens is 1. The Morgan fingerprint density at radius 1 is 0.323 bits per heavy atom. The Balaban J connectivity index is 0. The number of rotatable bonds is 24. The van der Waals surface area contributed by atoms with E-state index in [-0.39, 0.29) is 0 Å². The maximum atomic E-state index is 2.94. The molecule has 0 saturated carbocycles. The van der Waals surface area contributed by atoms with Crippen LogP contribution in [0.1, 0.15) is 156 Å². The fourth-order valence-corrected chi connectivity index (χ4v) is 4.79. The van der Waals surface area contributed by atoms with Gasteiger partial charge in [-0.25, -0.2) is 0 Å². The molecule has 0 aromatic carbocycles. The van der Waals surface area contributed by atoms with Crippen molar-refractivity contribution < 1.29 is 4.48 Å². The van der Waals surface area contributed by atoms with Crippen LogP contribution in [0.4, 0.5) is 0 Å². The van der Waals surface area contributed by atoms with E-state index in [9.17, 15) is 0 Å². The van der Waals surface area contributed by atoms with Crippen LogP contribution in [-0.4, -0.2) is 36.5 Å². The van der Waals surface area contributed by atoms with Gasteiger partial charge in [0, 0.05) is 0 Å². The van der Waals surface area contributed by atoms with Gasteiger partial charge in [0.2, 0.25) is 0 Å². The molecule has 190 valence electrons. The molecule has 31 heavy (non-hydrogen) atoms. The summed E-state index contributed by atoms with van der Waals surface area (Å²) in [6.07, 6.45) is 28.9. The number of alkyl halides is 1. The molecule has 1 nitrogen and oxygen atoms in total. The number of quaternary nitrogens is 1. The monoisotopic (exact) mass is 504 g/mol. The lowest BCUT2D eigenvalue weighted by molar-refractivity contribution is -0.929. The van der Waals surface area contributed by atoms with Crippen LogP contribution in [0.25, 0.3) is 0 Å². The average Bonchev–Trinajstić information content (AvgIpc) is 2.81. The highest BCUT2D eigenvalue weighted by Gasteiger charge is 2.24. The minimum Gasteiger partial charge on any atom is -0.324 e. The summed E-state index contributed by atoms with van der Waals surface area (Å²) < 4.78 is 1.44. The van der Waals surface area contributed by atoms with Crippen molar-refractivity contribution in [1.29, 1.82) is 0 Å². The van der Waals surface area contributed by atoms with Gasteiger partial charge in [0.15, 0.2) is 0 Å². The van der Waals surface area contributed by atoms with Gasteiger partial charge >= 0.3 is 0 Å². The van der Waals surface area contributed by atoms with Crippen molar-refractivity contribution in [1.82, 2.24) is 0 Å². The molecule has 0 aliphatic carbocycles. The summed E-state index contributed by atoms with van der Waals surface area (Å²) >= 11 is 2.94. The minimum atomic E-state index is 1.36. The quantitative estimate of drug-likeness (QED) is 0.0695. The molecule has 0 heterocycles. The van der Waals surface area contributed by atoms with E-state index in [0.29, 0.717) is 0 Å². The summed E-state index contributed by atoms with van der Waals surface area (Å²) in [6, 6.07) is 0. The smallest absolute Gasteiger partial charge is 0.0786 e. The summed E-state index contributed by atoms with van der Waals surface area (Å²) in [6.45, 7) is 15.2. The van der Waals surface area contributed by atoms with E-state index >= 15 is 0 Å². The molecule has 0 aliphatic rings. The number of hydrogen-bond donors (Lipinski definition) is 0. The van der Waals surface area contributed by atoms with Gasteiger partial charge in [0.1, 0.15) is 0 Å². The molecule has 0 saturated heterocycles.